The van der Waals surface area contributed by atoms with Gasteiger partial charge in [0.1, 0.15) is 6.54 Å². The van der Waals surface area contributed by atoms with Crippen molar-refractivity contribution < 1.29 is 13.2 Å². The number of hydrogen-bond donors (Lipinski definition) is 1. The van der Waals surface area contributed by atoms with E-state index in [1.807, 2.05) is 6.92 Å². The van der Waals surface area contributed by atoms with Crippen LogP contribution in [-0.2, 0) is 14.8 Å². The molecule has 0 aliphatic heterocycles. The summed E-state index contributed by atoms with van der Waals surface area (Å²) in [5, 5.41) is 3.10. The van der Waals surface area contributed by atoms with E-state index in [1.54, 1.807) is 48.5 Å². The van der Waals surface area contributed by atoms with Crippen LogP contribution in [0.5, 0.6) is 0 Å². The van der Waals surface area contributed by atoms with E-state index in [9.17, 15) is 13.2 Å². The van der Waals surface area contributed by atoms with Gasteiger partial charge in [0.15, 0.2) is 0 Å². The van der Waals surface area contributed by atoms with Crippen LogP contribution in [0.2, 0.25) is 0 Å². The molecule has 4 rings (SSSR count). The van der Waals surface area contributed by atoms with Gasteiger partial charge in [0, 0.05) is 10.5 Å². The number of hydrogen-bond acceptors (Lipinski definition) is 3. The van der Waals surface area contributed by atoms with E-state index in [0.717, 1.165) is 22.9 Å². The smallest absolute Gasteiger partial charge is 0.264 e. The van der Waals surface area contributed by atoms with Crippen LogP contribution in [0.25, 0.3) is 0 Å². The minimum atomic E-state index is -3.87. The zero-order valence-electron chi connectivity index (χ0n) is 16.3. The first kappa shape index (κ1) is 20.4. The molecular weight excluding hydrogens is 452 g/mol. The van der Waals surface area contributed by atoms with E-state index in [-0.39, 0.29) is 23.4 Å². The second-order valence-corrected chi connectivity index (χ2v) is 10.9. The standard InChI is InChI=1S/C22H25BrN2O3S/c1-15-2-10-20(11-3-15)29(27,28)25(19-8-6-18(23)7-9-19)14-22(26)24-21-13-16-4-5-17(21)12-16/h2-3,6-11,16-17,21H,4-5,12-14H2,1H3,(H,24,26)/t16-,17+,21-/m1/s1. The van der Waals surface area contributed by atoms with Crippen LogP contribution in [0.15, 0.2) is 57.9 Å². The normalized spacial score (nSPS) is 23.2. The molecule has 2 aliphatic carbocycles. The van der Waals surface area contributed by atoms with Crippen molar-refractivity contribution in [3.63, 3.8) is 0 Å². The predicted octanol–water partition coefficient (Wildman–Crippen LogP) is 4.26. The quantitative estimate of drug-likeness (QED) is 0.677. The first-order valence-corrected chi connectivity index (χ1v) is 12.2. The molecule has 1 N–H and O–H groups in total. The van der Waals surface area contributed by atoms with Crippen LogP contribution >= 0.6 is 15.9 Å². The monoisotopic (exact) mass is 476 g/mol. The van der Waals surface area contributed by atoms with Gasteiger partial charge in [-0.1, -0.05) is 40.0 Å². The molecule has 0 saturated heterocycles. The van der Waals surface area contributed by atoms with Crippen molar-refractivity contribution in [2.45, 2.75) is 43.5 Å². The third kappa shape index (κ3) is 4.36. The molecule has 7 heteroatoms. The number of halogens is 1. The summed E-state index contributed by atoms with van der Waals surface area (Å²) in [6, 6.07) is 13.9. The lowest BCUT2D eigenvalue weighted by Gasteiger charge is -2.27. The Labute approximate surface area is 180 Å². The summed E-state index contributed by atoms with van der Waals surface area (Å²) >= 11 is 3.38. The number of carbonyl (C=O) groups is 1. The maximum atomic E-state index is 13.4. The molecular formula is C22H25BrN2O3S. The van der Waals surface area contributed by atoms with E-state index in [1.165, 1.54) is 17.1 Å². The van der Waals surface area contributed by atoms with Crippen LogP contribution in [0.3, 0.4) is 0 Å². The fraction of sp³-hybridized carbons (Fsp3) is 0.409. The number of benzene rings is 2. The molecule has 2 saturated carbocycles. The summed E-state index contributed by atoms with van der Waals surface area (Å²) in [6.45, 7) is 1.68. The zero-order valence-corrected chi connectivity index (χ0v) is 18.7. The van der Waals surface area contributed by atoms with Crippen LogP contribution in [0.1, 0.15) is 31.2 Å². The van der Waals surface area contributed by atoms with E-state index < -0.39 is 10.0 Å². The molecule has 3 atom stereocenters. The van der Waals surface area contributed by atoms with Crippen LogP contribution in [0, 0.1) is 18.8 Å². The van der Waals surface area contributed by atoms with E-state index in [2.05, 4.69) is 21.2 Å². The van der Waals surface area contributed by atoms with Gasteiger partial charge in [0.05, 0.1) is 10.6 Å². The molecule has 0 heterocycles. The number of fused-ring (bicyclic) bond motifs is 2. The predicted molar refractivity (Wildman–Crippen MR) is 117 cm³/mol. The number of anilines is 1. The average molecular weight is 477 g/mol. The van der Waals surface area contributed by atoms with Gasteiger partial charge >= 0.3 is 0 Å². The third-order valence-corrected chi connectivity index (χ3v) is 8.41. The Morgan fingerprint density at radius 3 is 2.34 bits per heavy atom. The first-order valence-electron chi connectivity index (χ1n) is 9.97. The zero-order chi connectivity index (χ0) is 20.6. The highest BCUT2D eigenvalue weighted by atomic mass is 79.9. The Morgan fingerprint density at radius 2 is 1.76 bits per heavy atom. The molecule has 2 bridgehead atoms. The molecule has 0 aromatic heterocycles. The highest BCUT2D eigenvalue weighted by Gasteiger charge is 2.40. The largest absolute Gasteiger partial charge is 0.352 e. The average Bonchev–Trinajstić information content (AvgIpc) is 3.30. The number of aryl methyl sites for hydroxylation is 1. The fourth-order valence-corrected chi connectivity index (χ4v) is 6.25. The molecule has 0 spiro atoms. The van der Waals surface area contributed by atoms with Crippen molar-refractivity contribution in [1.82, 2.24) is 5.32 Å². The topological polar surface area (TPSA) is 66.5 Å². The summed E-state index contributed by atoms with van der Waals surface area (Å²) in [6.07, 6.45) is 4.61. The third-order valence-electron chi connectivity index (χ3n) is 6.10. The summed E-state index contributed by atoms with van der Waals surface area (Å²) in [5.41, 5.74) is 1.45. The number of carbonyl (C=O) groups excluding carboxylic acids is 1. The SMILES string of the molecule is Cc1ccc(S(=O)(=O)N(CC(=O)N[C@@H]2C[C@@H]3CC[C@H]2C3)c2ccc(Br)cc2)cc1. The second-order valence-electron chi connectivity index (χ2n) is 8.15. The summed E-state index contributed by atoms with van der Waals surface area (Å²) in [4.78, 5) is 13.0. The van der Waals surface area contributed by atoms with E-state index >= 15 is 0 Å². The van der Waals surface area contributed by atoms with Gasteiger partial charge in [-0.15, -0.1) is 0 Å². The van der Waals surface area contributed by atoms with Crippen molar-refractivity contribution >= 4 is 37.5 Å². The number of nitrogens with zero attached hydrogens (tertiary/aromatic N) is 1. The van der Waals surface area contributed by atoms with Gasteiger partial charge in [-0.3, -0.25) is 9.10 Å². The van der Waals surface area contributed by atoms with Gasteiger partial charge in [0.25, 0.3) is 10.0 Å². The lowest BCUT2D eigenvalue weighted by Crippen LogP contribution is -2.46. The van der Waals surface area contributed by atoms with Crippen molar-refractivity contribution in [2.24, 2.45) is 11.8 Å². The number of sulfonamides is 1. The van der Waals surface area contributed by atoms with Crippen molar-refractivity contribution in [2.75, 3.05) is 10.8 Å². The number of amides is 1. The lowest BCUT2D eigenvalue weighted by atomic mass is 9.95. The minimum Gasteiger partial charge on any atom is -0.352 e. The first-order chi connectivity index (χ1) is 13.8. The molecule has 154 valence electrons. The van der Waals surface area contributed by atoms with E-state index in [0.29, 0.717) is 17.5 Å². The second kappa shape index (κ2) is 8.11. The van der Waals surface area contributed by atoms with Crippen molar-refractivity contribution in [3.8, 4) is 0 Å². The van der Waals surface area contributed by atoms with Crippen LogP contribution in [0.4, 0.5) is 5.69 Å². The molecule has 1 amide bonds. The molecule has 0 unspecified atom stereocenters. The molecule has 2 aliphatic rings. The summed E-state index contributed by atoms with van der Waals surface area (Å²) in [5.74, 6) is 1.00. The number of rotatable bonds is 6. The Balaban J connectivity index is 1.59. The lowest BCUT2D eigenvalue weighted by molar-refractivity contribution is -0.120. The Hall–Kier alpha value is -1.86. The van der Waals surface area contributed by atoms with Gasteiger partial charge in [-0.2, -0.15) is 0 Å². The maximum absolute atomic E-state index is 13.4. The molecule has 2 aromatic rings. The summed E-state index contributed by atoms with van der Waals surface area (Å²) in [7, 11) is -3.87. The van der Waals surface area contributed by atoms with Crippen molar-refractivity contribution in [3.05, 3.63) is 58.6 Å². The Morgan fingerprint density at radius 1 is 1.07 bits per heavy atom. The molecule has 5 nitrogen and oxygen atoms in total. The molecule has 29 heavy (non-hydrogen) atoms. The molecule has 2 fully saturated rings. The molecule has 0 radical (unpaired) electrons. The Bertz CT molecular complexity index is 990. The van der Waals surface area contributed by atoms with Crippen LogP contribution in [-0.4, -0.2) is 26.9 Å². The highest BCUT2D eigenvalue weighted by Crippen LogP contribution is 2.44. The fourth-order valence-electron chi connectivity index (χ4n) is 4.56. The van der Waals surface area contributed by atoms with E-state index in [4.69, 9.17) is 0 Å². The molecule has 2 aromatic carbocycles. The van der Waals surface area contributed by atoms with Gasteiger partial charge < -0.3 is 5.32 Å². The van der Waals surface area contributed by atoms with Gasteiger partial charge in [0.2, 0.25) is 5.91 Å². The minimum absolute atomic E-state index is 0.176. The maximum Gasteiger partial charge on any atom is 0.264 e. The Kier molecular flexibility index (Phi) is 5.71. The number of nitrogens with one attached hydrogen (secondary N) is 1. The summed E-state index contributed by atoms with van der Waals surface area (Å²) < 4.78 is 28.8. The van der Waals surface area contributed by atoms with Gasteiger partial charge in [-0.05, 0) is 74.4 Å². The van der Waals surface area contributed by atoms with Crippen LogP contribution < -0.4 is 9.62 Å². The highest BCUT2D eigenvalue weighted by molar-refractivity contribution is 9.10. The van der Waals surface area contributed by atoms with Gasteiger partial charge in [-0.25, -0.2) is 8.42 Å². The van der Waals surface area contributed by atoms with Crippen molar-refractivity contribution in [1.29, 1.82) is 0 Å².